The Balaban J connectivity index is 1.93. The van der Waals surface area contributed by atoms with E-state index in [1.165, 1.54) is 19.2 Å². The van der Waals surface area contributed by atoms with Crippen molar-refractivity contribution in [3.05, 3.63) is 34.9 Å². The molecule has 0 aliphatic carbocycles. The fourth-order valence-corrected chi connectivity index (χ4v) is 2.15. The maximum atomic E-state index is 14.3. The summed E-state index contributed by atoms with van der Waals surface area (Å²) >= 11 is 0. The number of carbonyl (C=O) groups excluding carboxylic acids is 2. The molecule has 4 atom stereocenters. The van der Waals surface area contributed by atoms with E-state index in [1.807, 2.05) is 0 Å². The number of aliphatic hydroxyl groups excluding tert-OH is 1. The van der Waals surface area contributed by atoms with E-state index >= 15 is 0 Å². The molecular formula is C15H18FN3O7. The highest BCUT2D eigenvalue weighted by Crippen LogP contribution is 2.31. The van der Waals surface area contributed by atoms with Gasteiger partial charge in [-0.1, -0.05) is 6.58 Å². The maximum absolute atomic E-state index is 14.3. The minimum atomic E-state index is -1.96. The first-order valence-corrected chi connectivity index (χ1v) is 7.51. The van der Waals surface area contributed by atoms with Crippen LogP contribution in [0.2, 0.25) is 0 Å². The Morgan fingerprint density at radius 2 is 2.19 bits per heavy atom. The molecule has 10 nitrogen and oxygen atoms in total. The molecule has 11 heteroatoms. The molecule has 1 aliphatic rings. The minimum absolute atomic E-state index is 0.0463. The van der Waals surface area contributed by atoms with Gasteiger partial charge in [0.25, 0.3) is 0 Å². The summed E-state index contributed by atoms with van der Waals surface area (Å²) < 4.78 is 29.7. The molecule has 1 aromatic heterocycles. The zero-order valence-electron chi connectivity index (χ0n) is 13.8. The van der Waals surface area contributed by atoms with Gasteiger partial charge in [0.15, 0.2) is 19.0 Å². The van der Waals surface area contributed by atoms with Gasteiger partial charge in [-0.25, -0.2) is 18.8 Å². The number of anilines is 1. The molecule has 1 fully saturated rings. The number of ether oxygens (including phenoxy) is 3. The number of rotatable bonds is 6. The molecular weight excluding hydrogens is 353 g/mol. The van der Waals surface area contributed by atoms with Crippen molar-refractivity contribution in [3.8, 4) is 0 Å². The maximum Gasteiger partial charge on any atom is 0.351 e. The Hall–Kier alpha value is -2.79. The second kappa shape index (κ2) is 8.06. The predicted molar refractivity (Wildman–Crippen MR) is 84.5 cm³/mol. The van der Waals surface area contributed by atoms with Crippen LogP contribution in [0.25, 0.3) is 0 Å². The number of alkyl halides is 1. The standard InChI is InChI=1S/C15H18FN3O7/c1-7(2)14(22)25-6-10(20)24-5-8-12(21)11(16)13(26-8)19-4-3-9(17)18-15(19)23/h3-4,8,11-13,21H,1,5-6H2,2H3,(H2,17,18,23)/t8-,11?,12+,13-/m1/s1. The highest BCUT2D eigenvalue weighted by Gasteiger charge is 2.46. The van der Waals surface area contributed by atoms with Gasteiger partial charge in [0, 0.05) is 11.8 Å². The smallest absolute Gasteiger partial charge is 0.351 e. The molecule has 0 saturated carbocycles. The van der Waals surface area contributed by atoms with Crippen molar-refractivity contribution >= 4 is 17.8 Å². The van der Waals surface area contributed by atoms with Crippen LogP contribution in [0.1, 0.15) is 13.2 Å². The molecule has 26 heavy (non-hydrogen) atoms. The molecule has 3 N–H and O–H groups in total. The number of hydrogen-bond donors (Lipinski definition) is 2. The van der Waals surface area contributed by atoms with Crippen molar-refractivity contribution in [2.45, 2.75) is 31.5 Å². The Labute approximate surface area is 147 Å². The monoisotopic (exact) mass is 371 g/mol. The molecule has 1 saturated heterocycles. The van der Waals surface area contributed by atoms with E-state index in [9.17, 15) is 23.9 Å². The molecule has 0 amide bonds. The van der Waals surface area contributed by atoms with Crippen molar-refractivity contribution in [2.75, 3.05) is 18.9 Å². The van der Waals surface area contributed by atoms with Crippen LogP contribution in [-0.2, 0) is 23.8 Å². The van der Waals surface area contributed by atoms with Gasteiger partial charge >= 0.3 is 17.6 Å². The fraction of sp³-hybridized carbons (Fsp3) is 0.467. The number of nitrogens with two attached hydrogens (primary N) is 1. The molecule has 1 aliphatic heterocycles. The summed E-state index contributed by atoms with van der Waals surface area (Å²) in [4.78, 5) is 37.9. The molecule has 0 radical (unpaired) electrons. The lowest BCUT2D eigenvalue weighted by molar-refractivity contribution is -0.160. The zero-order chi connectivity index (χ0) is 19.4. The zero-order valence-corrected chi connectivity index (χ0v) is 13.8. The third-order valence-corrected chi connectivity index (χ3v) is 3.50. The number of aromatic nitrogens is 2. The molecule has 0 spiro atoms. The Kier molecular flexibility index (Phi) is 6.05. The molecule has 2 rings (SSSR count). The molecule has 0 aromatic carbocycles. The van der Waals surface area contributed by atoms with E-state index in [1.54, 1.807) is 0 Å². The van der Waals surface area contributed by atoms with Gasteiger partial charge in [-0.05, 0) is 13.0 Å². The lowest BCUT2D eigenvalue weighted by Gasteiger charge is -2.16. The topological polar surface area (TPSA) is 143 Å². The number of nitrogens with zero attached hydrogens (tertiary/aromatic N) is 2. The highest BCUT2D eigenvalue weighted by atomic mass is 19.1. The van der Waals surface area contributed by atoms with Crippen molar-refractivity contribution in [3.63, 3.8) is 0 Å². The lowest BCUT2D eigenvalue weighted by Crippen LogP contribution is -2.34. The summed E-state index contributed by atoms with van der Waals surface area (Å²) in [6.45, 7) is 3.59. The van der Waals surface area contributed by atoms with E-state index in [4.69, 9.17) is 15.2 Å². The number of hydrogen-bond acceptors (Lipinski definition) is 9. The molecule has 0 bridgehead atoms. The third-order valence-electron chi connectivity index (χ3n) is 3.50. The summed E-state index contributed by atoms with van der Waals surface area (Å²) in [7, 11) is 0. The van der Waals surface area contributed by atoms with Crippen LogP contribution >= 0.6 is 0 Å². The van der Waals surface area contributed by atoms with E-state index < -0.39 is 55.4 Å². The van der Waals surface area contributed by atoms with Crippen LogP contribution in [0, 0.1) is 0 Å². The fourth-order valence-electron chi connectivity index (χ4n) is 2.15. The number of nitrogen functional groups attached to an aromatic ring is 1. The van der Waals surface area contributed by atoms with Gasteiger partial charge < -0.3 is 25.1 Å². The number of aliphatic hydroxyl groups is 1. The molecule has 142 valence electrons. The molecule has 1 aromatic rings. The van der Waals surface area contributed by atoms with Crippen LogP contribution in [-0.4, -0.2) is 58.2 Å². The SMILES string of the molecule is C=C(C)C(=O)OCC(=O)OC[C@H]1O[C@@H](n2ccc(N)nc2=O)C(F)[C@H]1O. The van der Waals surface area contributed by atoms with E-state index in [0.29, 0.717) is 0 Å². The quantitative estimate of drug-likeness (QED) is 0.479. The van der Waals surface area contributed by atoms with Gasteiger partial charge in [0.05, 0.1) is 0 Å². The normalized spacial score (nSPS) is 24.9. The van der Waals surface area contributed by atoms with Crippen LogP contribution in [0.4, 0.5) is 10.2 Å². The summed E-state index contributed by atoms with van der Waals surface area (Å²) in [6, 6.07) is 1.27. The molecule has 1 unspecified atom stereocenters. The summed E-state index contributed by atoms with van der Waals surface area (Å²) in [5.41, 5.74) is 4.61. The van der Waals surface area contributed by atoms with Gasteiger partial charge in [-0.2, -0.15) is 4.98 Å². The average molecular weight is 371 g/mol. The summed E-state index contributed by atoms with van der Waals surface area (Å²) in [6.07, 6.45) is -5.09. The van der Waals surface area contributed by atoms with Crippen molar-refractivity contribution in [1.82, 2.24) is 9.55 Å². The second-order valence-electron chi connectivity index (χ2n) is 5.58. The largest absolute Gasteiger partial charge is 0.460 e. The Morgan fingerprint density at radius 1 is 1.50 bits per heavy atom. The summed E-state index contributed by atoms with van der Waals surface area (Å²) in [5, 5.41) is 9.89. The third kappa shape index (κ3) is 4.43. The van der Waals surface area contributed by atoms with Crippen LogP contribution < -0.4 is 11.4 Å². The van der Waals surface area contributed by atoms with Gasteiger partial charge in [0.2, 0.25) is 0 Å². The van der Waals surface area contributed by atoms with Crippen molar-refractivity contribution in [1.29, 1.82) is 0 Å². The van der Waals surface area contributed by atoms with Gasteiger partial charge in [-0.15, -0.1) is 0 Å². The predicted octanol–water partition coefficient (Wildman–Crippen LogP) is -0.916. The highest BCUT2D eigenvalue weighted by molar-refractivity contribution is 5.88. The lowest BCUT2D eigenvalue weighted by atomic mass is 10.1. The number of carbonyl (C=O) groups is 2. The van der Waals surface area contributed by atoms with E-state index in [0.717, 1.165) is 4.57 Å². The number of esters is 2. The Bertz CT molecular complexity index is 766. The first kappa shape index (κ1) is 19.5. The van der Waals surface area contributed by atoms with E-state index in [2.05, 4.69) is 16.3 Å². The van der Waals surface area contributed by atoms with Gasteiger partial charge in [0.1, 0.15) is 24.6 Å². The van der Waals surface area contributed by atoms with Gasteiger partial charge in [-0.3, -0.25) is 4.57 Å². The first-order valence-electron chi connectivity index (χ1n) is 7.51. The van der Waals surface area contributed by atoms with Crippen LogP contribution in [0.5, 0.6) is 0 Å². The van der Waals surface area contributed by atoms with Crippen LogP contribution in [0.3, 0.4) is 0 Å². The Morgan fingerprint density at radius 3 is 2.81 bits per heavy atom. The van der Waals surface area contributed by atoms with Crippen LogP contribution in [0.15, 0.2) is 29.2 Å². The van der Waals surface area contributed by atoms with Crippen molar-refractivity contribution < 1.29 is 33.3 Å². The first-order chi connectivity index (χ1) is 12.2. The number of halogens is 1. The average Bonchev–Trinajstić information content (AvgIpc) is 2.86. The summed E-state index contributed by atoms with van der Waals surface area (Å²) in [5.74, 6) is -1.73. The minimum Gasteiger partial charge on any atom is -0.460 e. The molecule has 2 heterocycles. The van der Waals surface area contributed by atoms with E-state index in [-0.39, 0.29) is 11.4 Å². The second-order valence-corrected chi connectivity index (χ2v) is 5.58. The van der Waals surface area contributed by atoms with Crippen molar-refractivity contribution in [2.24, 2.45) is 0 Å².